The molecule has 0 radical (unpaired) electrons. The number of hydrogen-bond donors (Lipinski definition) is 1. The lowest BCUT2D eigenvalue weighted by Crippen LogP contribution is -2.16. The van der Waals surface area contributed by atoms with Gasteiger partial charge < -0.3 is 4.84 Å². The fraction of sp³-hybridized carbons (Fsp3) is 0.222. The molecule has 1 atom stereocenters. The third kappa shape index (κ3) is 2.30. The summed E-state index contributed by atoms with van der Waals surface area (Å²) in [6, 6.07) is 4.44. The molecule has 0 fully saturated rings. The van der Waals surface area contributed by atoms with Crippen molar-refractivity contribution in [2.75, 3.05) is 0 Å². The van der Waals surface area contributed by atoms with Crippen LogP contribution in [0.1, 0.15) is 18.4 Å². The number of halogens is 2. The number of nitrogens with two attached hydrogens (primary N) is 1. The van der Waals surface area contributed by atoms with Gasteiger partial charge in [-0.3, -0.25) is 0 Å². The van der Waals surface area contributed by atoms with Crippen molar-refractivity contribution in [1.82, 2.24) is 0 Å². The smallest absolute Gasteiger partial charge is 0.331 e. The van der Waals surface area contributed by atoms with Crippen LogP contribution in [0.5, 0.6) is 0 Å². The highest BCUT2D eigenvalue weighted by molar-refractivity contribution is 9.10. The Labute approximate surface area is 89.1 Å². The van der Waals surface area contributed by atoms with Gasteiger partial charge in [0.15, 0.2) is 0 Å². The molecule has 0 amide bonds. The van der Waals surface area contributed by atoms with E-state index in [0.29, 0.717) is 10.0 Å². The highest BCUT2D eigenvalue weighted by atomic mass is 79.9. The van der Waals surface area contributed by atoms with Gasteiger partial charge in [0.25, 0.3) is 0 Å². The fourth-order valence-corrected chi connectivity index (χ4v) is 1.27. The number of hydrogen-bond acceptors (Lipinski definition) is 3. The first kappa shape index (κ1) is 11.1. The first-order chi connectivity index (χ1) is 6.56. The Morgan fingerprint density at radius 1 is 1.64 bits per heavy atom. The van der Waals surface area contributed by atoms with E-state index in [4.69, 9.17) is 5.90 Å². The molecular weight excluding hydrogens is 253 g/mol. The van der Waals surface area contributed by atoms with Gasteiger partial charge in [0.2, 0.25) is 0 Å². The monoisotopic (exact) mass is 261 g/mol. The van der Waals surface area contributed by atoms with Crippen molar-refractivity contribution in [3.8, 4) is 0 Å². The van der Waals surface area contributed by atoms with Gasteiger partial charge in [-0.25, -0.2) is 9.18 Å². The molecule has 1 aromatic carbocycles. The van der Waals surface area contributed by atoms with E-state index in [1.54, 1.807) is 13.0 Å². The summed E-state index contributed by atoms with van der Waals surface area (Å²) in [5.41, 5.74) is 0.529. The Kier molecular flexibility index (Phi) is 3.60. The molecule has 5 heteroatoms. The average molecular weight is 262 g/mol. The number of carbonyl (C=O) groups is 1. The molecule has 76 valence electrons. The van der Waals surface area contributed by atoms with E-state index in [2.05, 4.69) is 20.8 Å². The van der Waals surface area contributed by atoms with Crippen LogP contribution in [-0.2, 0) is 9.63 Å². The second-order valence-corrected chi connectivity index (χ2v) is 3.69. The first-order valence-electron chi connectivity index (χ1n) is 3.91. The van der Waals surface area contributed by atoms with Crippen LogP contribution in [0.15, 0.2) is 22.7 Å². The zero-order chi connectivity index (χ0) is 10.7. The van der Waals surface area contributed by atoms with Crippen LogP contribution in [0.2, 0.25) is 0 Å². The molecule has 0 aliphatic carbocycles. The Morgan fingerprint density at radius 2 is 2.29 bits per heavy atom. The molecule has 14 heavy (non-hydrogen) atoms. The fourth-order valence-electron chi connectivity index (χ4n) is 1.02. The van der Waals surface area contributed by atoms with Crippen molar-refractivity contribution in [1.29, 1.82) is 0 Å². The summed E-state index contributed by atoms with van der Waals surface area (Å²) in [4.78, 5) is 15.1. The normalized spacial score (nSPS) is 12.3. The maximum Gasteiger partial charge on any atom is 0.331 e. The molecule has 2 N–H and O–H groups in total. The van der Waals surface area contributed by atoms with Gasteiger partial charge in [0, 0.05) is 0 Å². The largest absolute Gasteiger partial charge is 0.373 e. The van der Waals surface area contributed by atoms with Gasteiger partial charge in [-0.05, 0) is 40.5 Å². The van der Waals surface area contributed by atoms with E-state index < -0.39 is 17.7 Å². The van der Waals surface area contributed by atoms with Gasteiger partial charge in [-0.15, -0.1) is 0 Å². The lowest BCUT2D eigenvalue weighted by molar-refractivity contribution is -0.145. The second-order valence-electron chi connectivity index (χ2n) is 2.83. The number of rotatable bonds is 2. The quantitative estimate of drug-likeness (QED) is 0.830. The summed E-state index contributed by atoms with van der Waals surface area (Å²) < 4.78 is 13.4. The summed E-state index contributed by atoms with van der Waals surface area (Å²) in [5, 5.41) is 0. The summed E-state index contributed by atoms with van der Waals surface area (Å²) in [5.74, 6) is 3.15. The third-order valence-corrected chi connectivity index (χ3v) is 2.56. The predicted molar refractivity (Wildman–Crippen MR) is 52.8 cm³/mol. The first-order valence-corrected chi connectivity index (χ1v) is 4.71. The number of benzene rings is 1. The van der Waals surface area contributed by atoms with E-state index >= 15 is 0 Å². The van der Waals surface area contributed by atoms with E-state index in [-0.39, 0.29) is 0 Å². The van der Waals surface area contributed by atoms with Gasteiger partial charge in [-0.2, -0.15) is 5.90 Å². The lowest BCUT2D eigenvalue weighted by atomic mass is 10.0. The summed E-state index contributed by atoms with van der Waals surface area (Å²) in [7, 11) is 0. The molecular formula is C9H9BrFNO2. The van der Waals surface area contributed by atoms with Gasteiger partial charge in [0.1, 0.15) is 5.82 Å². The van der Waals surface area contributed by atoms with Crippen molar-refractivity contribution < 1.29 is 14.0 Å². The SMILES string of the molecule is C[C@H](C(=O)ON)c1ccc(Br)c(F)c1. The van der Waals surface area contributed by atoms with Crippen LogP contribution < -0.4 is 5.90 Å². The molecule has 1 rings (SSSR count). The van der Waals surface area contributed by atoms with Crippen molar-refractivity contribution in [3.05, 3.63) is 34.1 Å². The van der Waals surface area contributed by atoms with Crippen LogP contribution in [0.25, 0.3) is 0 Å². The van der Waals surface area contributed by atoms with Crippen LogP contribution >= 0.6 is 15.9 Å². The molecule has 0 saturated carbocycles. The lowest BCUT2D eigenvalue weighted by Gasteiger charge is -2.08. The Hall–Kier alpha value is -0.940. The molecule has 0 aliphatic heterocycles. The molecule has 0 bridgehead atoms. The Morgan fingerprint density at radius 3 is 2.79 bits per heavy atom. The van der Waals surface area contributed by atoms with Gasteiger partial charge in [0.05, 0.1) is 10.4 Å². The van der Waals surface area contributed by atoms with E-state index in [9.17, 15) is 9.18 Å². The zero-order valence-corrected chi connectivity index (χ0v) is 9.05. The molecule has 0 heterocycles. The van der Waals surface area contributed by atoms with Crippen molar-refractivity contribution in [3.63, 3.8) is 0 Å². The van der Waals surface area contributed by atoms with E-state index in [1.807, 2.05) is 0 Å². The second kappa shape index (κ2) is 4.52. The van der Waals surface area contributed by atoms with Crippen LogP contribution in [-0.4, -0.2) is 5.97 Å². The Balaban J connectivity index is 2.96. The highest BCUT2D eigenvalue weighted by Crippen LogP contribution is 2.22. The van der Waals surface area contributed by atoms with Crippen LogP contribution in [0.4, 0.5) is 4.39 Å². The molecule has 0 saturated heterocycles. The molecule has 0 spiro atoms. The van der Waals surface area contributed by atoms with Gasteiger partial charge >= 0.3 is 5.97 Å². The molecule has 0 aromatic heterocycles. The van der Waals surface area contributed by atoms with Crippen molar-refractivity contribution in [2.24, 2.45) is 5.90 Å². The highest BCUT2D eigenvalue weighted by Gasteiger charge is 2.17. The molecule has 3 nitrogen and oxygen atoms in total. The maximum absolute atomic E-state index is 13.1. The zero-order valence-electron chi connectivity index (χ0n) is 7.46. The maximum atomic E-state index is 13.1. The number of carbonyl (C=O) groups excluding carboxylic acids is 1. The summed E-state index contributed by atoms with van der Waals surface area (Å²) in [6.07, 6.45) is 0. The molecule has 0 unspecified atom stereocenters. The molecule has 0 aliphatic rings. The standard InChI is InChI=1S/C9H9BrFNO2/c1-5(9(13)14-12)6-2-3-7(10)8(11)4-6/h2-5H,12H2,1H3/t5-/m0/s1. The third-order valence-electron chi connectivity index (χ3n) is 1.91. The minimum atomic E-state index is -0.591. The van der Waals surface area contributed by atoms with Gasteiger partial charge in [-0.1, -0.05) is 6.07 Å². The van der Waals surface area contributed by atoms with Crippen molar-refractivity contribution in [2.45, 2.75) is 12.8 Å². The van der Waals surface area contributed by atoms with E-state index in [0.717, 1.165) is 0 Å². The summed E-state index contributed by atoms with van der Waals surface area (Å²) >= 11 is 3.02. The molecule has 1 aromatic rings. The topological polar surface area (TPSA) is 52.3 Å². The average Bonchev–Trinajstić information content (AvgIpc) is 2.20. The van der Waals surface area contributed by atoms with E-state index in [1.165, 1.54) is 12.1 Å². The van der Waals surface area contributed by atoms with Crippen molar-refractivity contribution >= 4 is 21.9 Å². The predicted octanol–water partition coefficient (Wildman–Crippen LogP) is 2.11. The Bertz CT molecular complexity index is 357. The van der Waals surface area contributed by atoms with Crippen LogP contribution in [0.3, 0.4) is 0 Å². The summed E-state index contributed by atoms with van der Waals surface area (Å²) in [6.45, 7) is 1.60. The minimum Gasteiger partial charge on any atom is -0.373 e. The minimum absolute atomic E-state index is 0.356. The van der Waals surface area contributed by atoms with Crippen LogP contribution in [0, 0.1) is 5.82 Å².